The van der Waals surface area contributed by atoms with Crippen LogP contribution >= 0.6 is 31.9 Å². The van der Waals surface area contributed by atoms with Crippen molar-refractivity contribution in [2.24, 2.45) is 0 Å². The Labute approximate surface area is 117 Å². The Balaban J connectivity index is 2.27. The Morgan fingerprint density at radius 2 is 2.06 bits per heavy atom. The van der Waals surface area contributed by atoms with Gasteiger partial charge < -0.3 is 14.9 Å². The lowest BCUT2D eigenvalue weighted by atomic mass is 10.0. The molecule has 1 heterocycles. The molecule has 0 radical (unpaired) electrons. The average molecular weight is 366 g/mol. The number of rotatable bonds is 2. The van der Waals surface area contributed by atoms with Crippen LogP contribution in [0.5, 0.6) is 0 Å². The third kappa shape index (κ3) is 2.74. The molecule has 0 bridgehead atoms. The van der Waals surface area contributed by atoms with E-state index in [9.17, 15) is 5.11 Å². The minimum absolute atomic E-state index is 0.148. The highest BCUT2D eigenvalue weighted by Crippen LogP contribution is 2.38. The second kappa shape index (κ2) is 5.36. The van der Waals surface area contributed by atoms with Crippen molar-refractivity contribution in [2.45, 2.75) is 31.7 Å². The maximum absolute atomic E-state index is 9.73. The molecule has 2 rings (SSSR count). The van der Waals surface area contributed by atoms with Crippen LogP contribution in [0.15, 0.2) is 21.1 Å². The van der Waals surface area contributed by atoms with Crippen LogP contribution in [0.25, 0.3) is 0 Å². The van der Waals surface area contributed by atoms with Crippen LogP contribution in [0.4, 0.5) is 0 Å². The summed E-state index contributed by atoms with van der Waals surface area (Å²) in [6.07, 6.45) is -0.717. The number of aliphatic hydroxyl groups excluding tert-OH is 2. The maximum Gasteiger partial charge on any atom is 0.107 e. The average Bonchev–Trinajstić information content (AvgIpc) is 2.65. The molecular weight excluding hydrogens is 352 g/mol. The summed E-state index contributed by atoms with van der Waals surface area (Å²) in [6, 6.07) is 4.01. The first-order valence-corrected chi connectivity index (χ1v) is 7.01. The van der Waals surface area contributed by atoms with Gasteiger partial charge in [-0.05, 0) is 24.1 Å². The lowest BCUT2D eigenvalue weighted by Crippen LogP contribution is -2.24. The number of ether oxygens (including phenoxy) is 1. The predicted molar refractivity (Wildman–Crippen MR) is 71.9 cm³/mol. The molecular formula is C12H14Br2O3. The van der Waals surface area contributed by atoms with E-state index in [2.05, 4.69) is 31.9 Å². The van der Waals surface area contributed by atoms with E-state index in [0.717, 1.165) is 20.1 Å². The van der Waals surface area contributed by atoms with Crippen molar-refractivity contribution < 1.29 is 14.9 Å². The van der Waals surface area contributed by atoms with E-state index < -0.39 is 12.2 Å². The van der Waals surface area contributed by atoms with Crippen LogP contribution in [-0.4, -0.2) is 29.0 Å². The third-order valence-electron chi connectivity index (χ3n) is 3.03. The van der Waals surface area contributed by atoms with E-state index in [-0.39, 0.29) is 12.7 Å². The monoisotopic (exact) mass is 364 g/mol. The number of hydrogen-bond donors (Lipinski definition) is 2. The smallest absolute Gasteiger partial charge is 0.107 e. The fourth-order valence-corrected chi connectivity index (χ4v) is 3.27. The molecule has 5 heteroatoms. The third-order valence-corrected chi connectivity index (χ3v) is 4.57. The highest BCUT2D eigenvalue weighted by molar-refractivity contribution is 9.11. The van der Waals surface area contributed by atoms with Gasteiger partial charge in [0, 0.05) is 15.4 Å². The van der Waals surface area contributed by atoms with Gasteiger partial charge in [-0.3, -0.25) is 0 Å². The normalized spacial score (nSPS) is 28.6. The number of benzene rings is 1. The maximum atomic E-state index is 9.73. The molecule has 17 heavy (non-hydrogen) atoms. The highest BCUT2D eigenvalue weighted by atomic mass is 79.9. The Morgan fingerprint density at radius 3 is 2.65 bits per heavy atom. The Kier molecular flexibility index (Phi) is 4.26. The quantitative estimate of drug-likeness (QED) is 0.847. The zero-order chi connectivity index (χ0) is 12.6. The minimum Gasteiger partial charge on any atom is -0.394 e. The van der Waals surface area contributed by atoms with Gasteiger partial charge in [0.25, 0.3) is 0 Å². The van der Waals surface area contributed by atoms with Crippen LogP contribution in [-0.2, 0) is 4.74 Å². The molecule has 0 saturated carbocycles. The lowest BCUT2D eigenvalue weighted by molar-refractivity contribution is -0.0227. The number of aryl methyl sites for hydroxylation is 1. The van der Waals surface area contributed by atoms with Gasteiger partial charge >= 0.3 is 0 Å². The Hall–Kier alpha value is 0.0600. The molecule has 0 spiro atoms. The summed E-state index contributed by atoms with van der Waals surface area (Å²) in [6.45, 7) is 1.86. The molecule has 1 aromatic carbocycles. The molecule has 0 aliphatic carbocycles. The number of halogens is 2. The largest absolute Gasteiger partial charge is 0.394 e. The molecule has 3 atom stereocenters. The summed E-state index contributed by atoms with van der Waals surface area (Å²) in [4.78, 5) is 0. The van der Waals surface area contributed by atoms with Gasteiger partial charge in [0.2, 0.25) is 0 Å². The van der Waals surface area contributed by atoms with E-state index in [1.54, 1.807) is 0 Å². The SMILES string of the molecule is Cc1cc(C2CC(O)C(CO)O2)c(Br)cc1Br. The summed E-state index contributed by atoms with van der Waals surface area (Å²) in [5.74, 6) is 0. The lowest BCUT2D eigenvalue weighted by Gasteiger charge is -2.15. The first-order valence-electron chi connectivity index (χ1n) is 5.43. The molecule has 0 aromatic heterocycles. The molecule has 2 N–H and O–H groups in total. The molecule has 1 saturated heterocycles. The topological polar surface area (TPSA) is 49.7 Å². The number of hydrogen-bond acceptors (Lipinski definition) is 3. The van der Waals surface area contributed by atoms with Crippen LogP contribution < -0.4 is 0 Å². The Bertz CT molecular complexity index is 422. The highest BCUT2D eigenvalue weighted by Gasteiger charge is 2.35. The van der Waals surface area contributed by atoms with Gasteiger partial charge in [0.1, 0.15) is 6.10 Å². The summed E-state index contributed by atoms with van der Waals surface area (Å²) < 4.78 is 7.62. The van der Waals surface area contributed by atoms with Crippen LogP contribution in [0.3, 0.4) is 0 Å². The first kappa shape index (κ1) is 13.5. The van der Waals surface area contributed by atoms with E-state index in [4.69, 9.17) is 9.84 Å². The first-order chi connectivity index (χ1) is 8.02. The zero-order valence-corrected chi connectivity index (χ0v) is 12.5. The number of aliphatic hydroxyl groups is 2. The zero-order valence-electron chi connectivity index (χ0n) is 9.36. The van der Waals surface area contributed by atoms with Crippen molar-refractivity contribution in [3.05, 3.63) is 32.2 Å². The van der Waals surface area contributed by atoms with Crippen molar-refractivity contribution in [1.29, 1.82) is 0 Å². The van der Waals surface area contributed by atoms with Gasteiger partial charge in [-0.15, -0.1) is 0 Å². The van der Waals surface area contributed by atoms with Gasteiger partial charge in [-0.2, -0.15) is 0 Å². The molecule has 1 aliphatic rings. The molecule has 0 amide bonds. The summed E-state index contributed by atoms with van der Waals surface area (Å²) in [5, 5.41) is 18.8. The molecule has 3 unspecified atom stereocenters. The van der Waals surface area contributed by atoms with E-state index in [1.807, 2.05) is 19.1 Å². The fraction of sp³-hybridized carbons (Fsp3) is 0.500. The molecule has 1 aromatic rings. The van der Waals surface area contributed by atoms with Gasteiger partial charge in [0.05, 0.1) is 18.8 Å². The molecule has 1 aliphatic heterocycles. The van der Waals surface area contributed by atoms with Crippen LogP contribution in [0, 0.1) is 6.92 Å². The predicted octanol–water partition coefficient (Wildman–Crippen LogP) is 2.70. The fourth-order valence-electron chi connectivity index (χ4n) is 2.02. The van der Waals surface area contributed by atoms with Crippen molar-refractivity contribution in [3.8, 4) is 0 Å². The van der Waals surface area contributed by atoms with Gasteiger partial charge in [0.15, 0.2) is 0 Å². The molecule has 94 valence electrons. The van der Waals surface area contributed by atoms with Gasteiger partial charge in [-0.1, -0.05) is 37.9 Å². The van der Waals surface area contributed by atoms with Crippen molar-refractivity contribution in [2.75, 3.05) is 6.61 Å². The minimum atomic E-state index is -0.596. The van der Waals surface area contributed by atoms with Crippen molar-refractivity contribution in [1.82, 2.24) is 0 Å². The van der Waals surface area contributed by atoms with Crippen molar-refractivity contribution >= 4 is 31.9 Å². The second-order valence-corrected chi connectivity index (χ2v) is 5.98. The van der Waals surface area contributed by atoms with Crippen LogP contribution in [0.2, 0.25) is 0 Å². The summed E-state index contributed by atoms with van der Waals surface area (Å²) in [5.41, 5.74) is 2.13. The molecule has 1 fully saturated rings. The second-order valence-electron chi connectivity index (χ2n) is 4.27. The van der Waals surface area contributed by atoms with Crippen LogP contribution in [0.1, 0.15) is 23.7 Å². The van der Waals surface area contributed by atoms with Crippen molar-refractivity contribution in [3.63, 3.8) is 0 Å². The Morgan fingerprint density at radius 1 is 1.35 bits per heavy atom. The van der Waals surface area contributed by atoms with E-state index >= 15 is 0 Å². The van der Waals surface area contributed by atoms with E-state index in [1.165, 1.54) is 0 Å². The standard InChI is InChI=1S/C12H14Br2O3/c1-6-2-7(9(14)3-8(6)13)11-4-10(16)12(5-15)17-11/h2-3,10-12,15-16H,4-5H2,1H3. The van der Waals surface area contributed by atoms with E-state index in [0.29, 0.717) is 6.42 Å². The summed E-state index contributed by atoms with van der Waals surface area (Å²) >= 11 is 6.96. The summed E-state index contributed by atoms with van der Waals surface area (Å²) in [7, 11) is 0. The van der Waals surface area contributed by atoms with Gasteiger partial charge in [-0.25, -0.2) is 0 Å². The molecule has 3 nitrogen and oxygen atoms in total.